The molecule has 0 bridgehead atoms. The van der Waals surface area contributed by atoms with Crippen molar-refractivity contribution < 1.29 is 18.8 Å². The Morgan fingerprint density at radius 2 is 2.07 bits per heavy atom. The van der Waals surface area contributed by atoms with Crippen LogP contribution in [0.5, 0.6) is 5.75 Å². The second kappa shape index (κ2) is 7.46. The second-order valence-corrected chi connectivity index (χ2v) is 6.93. The molecular weight excluding hydrogens is 363 g/mol. The molecule has 0 atom stereocenters. The van der Waals surface area contributed by atoms with Crippen LogP contribution in [-0.2, 0) is 0 Å². The standard InChI is InChI=1S/C20H21FN4O3/c1-22-20(27)19-17(15-9-10-23-25(15)13-5-3-2-4-6-13)18(24-28-19)12-7-8-14(21)16(26)11-12/h7-11,13,26H,2-6H2,1H3,(H,22,27). The van der Waals surface area contributed by atoms with E-state index in [9.17, 15) is 14.3 Å². The van der Waals surface area contributed by atoms with E-state index in [4.69, 9.17) is 4.52 Å². The lowest BCUT2D eigenvalue weighted by molar-refractivity contribution is 0.0927. The number of phenolic OH excluding ortho intramolecular Hbond substituents is 1. The lowest BCUT2D eigenvalue weighted by Gasteiger charge is -2.24. The van der Waals surface area contributed by atoms with Crippen LogP contribution in [0.15, 0.2) is 35.0 Å². The highest BCUT2D eigenvalue weighted by molar-refractivity contribution is 6.01. The minimum absolute atomic E-state index is 0.0545. The van der Waals surface area contributed by atoms with Gasteiger partial charge in [-0.3, -0.25) is 9.48 Å². The molecule has 2 aromatic heterocycles. The quantitative estimate of drug-likeness (QED) is 0.711. The van der Waals surface area contributed by atoms with Crippen molar-refractivity contribution in [2.45, 2.75) is 38.1 Å². The fourth-order valence-electron chi connectivity index (χ4n) is 3.78. The summed E-state index contributed by atoms with van der Waals surface area (Å²) in [6.45, 7) is 0. The number of hydrogen-bond donors (Lipinski definition) is 2. The first-order valence-electron chi connectivity index (χ1n) is 9.34. The molecule has 1 aliphatic carbocycles. The summed E-state index contributed by atoms with van der Waals surface area (Å²) in [6.07, 6.45) is 7.20. The van der Waals surface area contributed by atoms with Gasteiger partial charge >= 0.3 is 0 Å². The Balaban J connectivity index is 1.88. The Bertz CT molecular complexity index is 1000. The zero-order valence-corrected chi connectivity index (χ0v) is 15.5. The number of aromatic nitrogens is 3. The number of rotatable bonds is 4. The molecule has 1 fully saturated rings. The van der Waals surface area contributed by atoms with Crippen LogP contribution in [0.4, 0.5) is 4.39 Å². The summed E-state index contributed by atoms with van der Waals surface area (Å²) in [7, 11) is 1.51. The minimum Gasteiger partial charge on any atom is -0.505 e. The summed E-state index contributed by atoms with van der Waals surface area (Å²) in [5.74, 6) is -1.59. The van der Waals surface area contributed by atoms with Crippen molar-refractivity contribution in [3.63, 3.8) is 0 Å². The van der Waals surface area contributed by atoms with Gasteiger partial charge in [0.2, 0.25) is 5.76 Å². The van der Waals surface area contributed by atoms with Gasteiger partial charge in [0.25, 0.3) is 5.91 Å². The van der Waals surface area contributed by atoms with E-state index in [1.807, 2.05) is 10.7 Å². The van der Waals surface area contributed by atoms with Gasteiger partial charge in [0, 0.05) is 18.8 Å². The Hall–Kier alpha value is -3.16. The molecule has 0 spiro atoms. The summed E-state index contributed by atoms with van der Waals surface area (Å²) >= 11 is 0. The predicted molar refractivity (Wildman–Crippen MR) is 100 cm³/mol. The van der Waals surface area contributed by atoms with Crippen LogP contribution >= 0.6 is 0 Å². The van der Waals surface area contributed by atoms with Crippen molar-refractivity contribution in [2.24, 2.45) is 0 Å². The molecule has 1 aromatic carbocycles. The second-order valence-electron chi connectivity index (χ2n) is 6.93. The molecule has 7 nitrogen and oxygen atoms in total. The smallest absolute Gasteiger partial charge is 0.290 e. The lowest BCUT2D eigenvalue weighted by atomic mass is 9.95. The molecule has 2 heterocycles. The number of carbonyl (C=O) groups is 1. The molecule has 0 unspecified atom stereocenters. The van der Waals surface area contributed by atoms with Crippen molar-refractivity contribution in [3.8, 4) is 28.3 Å². The molecule has 146 valence electrons. The van der Waals surface area contributed by atoms with Crippen LogP contribution in [0.3, 0.4) is 0 Å². The minimum atomic E-state index is -0.729. The van der Waals surface area contributed by atoms with E-state index in [2.05, 4.69) is 15.6 Å². The molecule has 28 heavy (non-hydrogen) atoms. The zero-order chi connectivity index (χ0) is 19.7. The number of nitrogens with one attached hydrogen (secondary N) is 1. The maximum atomic E-state index is 13.5. The van der Waals surface area contributed by atoms with Gasteiger partial charge in [0.1, 0.15) is 5.69 Å². The summed E-state index contributed by atoms with van der Waals surface area (Å²) in [6, 6.07) is 5.97. The van der Waals surface area contributed by atoms with Gasteiger partial charge in [-0.05, 0) is 37.1 Å². The first-order chi connectivity index (χ1) is 13.6. The van der Waals surface area contributed by atoms with E-state index in [1.54, 1.807) is 6.20 Å². The van der Waals surface area contributed by atoms with E-state index in [1.165, 1.54) is 25.6 Å². The number of aromatic hydroxyl groups is 1. The van der Waals surface area contributed by atoms with Gasteiger partial charge in [-0.25, -0.2) is 4.39 Å². The third-order valence-electron chi connectivity index (χ3n) is 5.19. The number of nitrogens with zero attached hydrogens (tertiary/aromatic N) is 3. The van der Waals surface area contributed by atoms with Gasteiger partial charge < -0.3 is 14.9 Å². The third kappa shape index (κ3) is 3.15. The maximum Gasteiger partial charge on any atom is 0.290 e. The van der Waals surface area contributed by atoms with Gasteiger partial charge in [-0.15, -0.1) is 0 Å². The highest BCUT2D eigenvalue weighted by Crippen LogP contribution is 2.39. The molecule has 1 amide bonds. The summed E-state index contributed by atoms with van der Waals surface area (Å²) in [4.78, 5) is 12.4. The molecule has 0 aliphatic heterocycles. The highest BCUT2D eigenvalue weighted by atomic mass is 19.1. The molecule has 0 radical (unpaired) electrons. The molecular formula is C20H21FN4O3. The average molecular weight is 384 g/mol. The van der Waals surface area contributed by atoms with Gasteiger partial charge in [0.05, 0.1) is 17.3 Å². The van der Waals surface area contributed by atoms with Gasteiger partial charge in [-0.1, -0.05) is 24.4 Å². The molecule has 1 saturated carbocycles. The molecule has 8 heteroatoms. The molecule has 4 rings (SSSR count). The Morgan fingerprint density at radius 1 is 1.29 bits per heavy atom. The van der Waals surface area contributed by atoms with Gasteiger partial charge in [0.15, 0.2) is 11.6 Å². The SMILES string of the molecule is CNC(=O)c1onc(-c2ccc(F)c(O)c2)c1-c1ccnn1C1CCCCC1. The maximum absolute atomic E-state index is 13.5. The third-order valence-corrected chi connectivity index (χ3v) is 5.19. The lowest BCUT2D eigenvalue weighted by Crippen LogP contribution is -2.19. The first kappa shape index (κ1) is 18.2. The average Bonchev–Trinajstić information content (AvgIpc) is 3.36. The van der Waals surface area contributed by atoms with Crippen molar-refractivity contribution in [2.75, 3.05) is 7.05 Å². The van der Waals surface area contributed by atoms with Crippen LogP contribution in [0.25, 0.3) is 22.5 Å². The number of hydrogen-bond acceptors (Lipinski definition) is 5. The monoisotopic (exact) mass is 384 g/mol. The van der Waals surface area contributed by atoms with E-state index in [0.29, 0.717) is 22.5 Å². The van der Waals surface area contributed by atoms with E-state index in [0.717, 1.165) is 31.7 Å². The fraction of sp³-hybridized carbons (Fsp3) is 0.350. The Morgan fingerprint density at radius 3 is 2.79 bits per heavy atom. The fourth-order valence-corrected chi connectivity index (χ4v) is 3.78. The number of carbonyl (C=O) groups excluding carboxylic acids is 1. The first-order valence-corrected chi connectivity index (χ1v) is 9.34. The topological polar surface area (TPSA) is 93.2 Å². The van der Waals surface area contributed by atoms with E-state index < -0.39 is 17.5 Å². The highest BCUT2D eigenvalue weighted by Gasteiger charge is 2.29. The number of phenols is 1. The summed E-state index contributed by atoms with van der Waals surface area (Å²) in [5.41, 5.74) is 2.00. The molecule has 1 aliphatic rings. The number of amides is 1. The number of halogens is 1. The van der Waals surface area contributed by atoms with Crippen LogP contribution in [0, 0.1) is 5.82 Å². The van der Waals surface area contributed by atoms with Gasteiger partial charge in [-0.2, -0.15) is 5.10 Å². The Kier molecular flexibility index (Phi) is 4.85. The van der Waals surface area contributed by atoms with Crippen molar-refractivity contribution in [1.82, 2.24) is 20.3 Å². The summed E-state index contributed by atoms with van der Waals surface area (Å²) < 4.78 is 20.8. The van der Waals surface area contributed by atoms with Crippen LogP contribution in [-0.4, -0.2) is 33.0 Å². The van der Waals surface area contributed by atoms with Crippen molar-refractivity contribution in [3.05, 3.63) is 42.0 Å². The number of benzene rings is 1. The van der Waals surface area contributed by atoms with Crippen LogP contribution in [0.1, 0.15) is 48.7 Å². The summed E-state index contributed by atoms with van der Waals surface area (Å²) in [5, 5.41) is 20.9. The van der Waals surface area contributed by atoms with Crippen LogP contribution < -0.4 is 5.32 Å². The van der Waals surface area contributed by atoms with E-state index >= 15 is 0 Å². The molecule has 2 N–H and O–H groups in total. The van der Waals surface area contributed by atoms with Crippen LogP contribution in [0.2, 0.25) is 0 Å². The Labute approximate surface area is 161 Å². The van der Waals surface area contributed by atoms with E-state index in [-0.39, 0.29) is 11.8 Å². The zero-order valence-electron chi connectivity index (χ0n) is 15.5. The van der Waals surface area contributed by atoms with Crippen molar-refractivity contribution in [1.29, 1.82) is 0 Å². The largest absolute Gasteiger partial charge is 0.505 e. The van der Waals surface area contributed by atoms with Crippen molar-refractivity contribution >= 4 is 5.91 Å². The normalized spacial score (nSPS) is 14.9. The molecule has 3 aromatic rings. The molecule has 0 saturated heterocycles. The predicted octanol–water partition coefficient (Wildman–Crippen LogP) is 3.91.